The van der Waals surface area contributed by atoms with Gasteiger partial charge in [-0.3, -0.25) is 14.5 Å². The quantitative estimate of drug-likeness (QED) is 0.661. The third-order valence-electron chi connectivity index (χ3n) is 6.57. The van der Waals surface area contributed by atoms with E-state index in [0.717, 1.165) is 19.5 Å². The molecule has 0 spiro atoms. The van der Waals surface area contributed by atoms with Crippen LogP contribution in [0, 0.1) is 5.92 Å². The third-order valence-corrected chi connectivity index (χ3v) is 6.57. The van der Waals surface area contributed by atoms with Gasteiger partial charge in [0.2, 0.25) is 5.91 Å². The first kappa shape index (κ1) is 26.7. The Kier molecular flexibility index (Phi) is 9.69. The number of rotatable bonds is 6. The second kappa shape index (κ2) is 12.7. The zero-order valence-electron chi connectivity index (χ0n) is 21.6. The highest BCUT2D eigenvalue weighted by Crippen LogP contribution is 2.27. The van der Waals surface area contributed by atoms with E-state index in [0.29, 0.717) is 36.6 Å². The average Bonchev–Trinajstić information content (AvgIpc) is 2.85. The summed E-state index contributed by atoms with van der Waals surface area (Å²) in [5.74, 6) is 0.500. The fourth-order valence-corrected chi connectivity index (χ4v) is 4.41. The summed E-state index contributed by atoms with van der Waals surface area (Å²) in [6, 6.07) is 15.7. The maximum Gasteiger partial charge on any atom is 0.257 e. The maximum atomic E-state index is 13.3. The Morgan fingerprint density at radius 1 is 1.14 bits per heavy atom. The molecule has 1 aliphatic heterocycles. The van der Waals surface area contributed by atoms with Crippen molar-refractivity contribution in [3.05, 3.63) is 59.7 Å². The molecule has 0 bridgehead atoms. The summed E-state index contributed by atoms with van der Waals surface area (Å²) in [5.41, 5.74) is 2.34. The van der Waals surface area contributed by atoms with Gasteiger partial charge in [0.1, 0.15) is 12.4 Å². The fourth-order valence-electron chi connectivity index (χ4n) is 4.41. The molecule has 190 valence electrons. The van der Waals surface area contributed by atoms with Gasteiger partial charge in [-0.1, -0.05) is 44.2 Å². The van der Waals surface area contributed by atoms with Crippen molar-refractivity contribution in [2.45, 2.75) is 52.3 Å². The summed E-state index contributed by atoms with van der Waals surface area (Å²) in [6.45, 7) is 8.76. The van der Waals surface area contributed by atoms with Crippen LogP contribution in [0.15, 0.2) is 48.5 Å². The van der Waals surface area contributed by atoms with Gasteiger partial charge < -0.3 is 19.7 Å². The van der Waals surface area contributed by atoms with Gasteiger partial charge in [0.15, 0.2) is 0 Å². The van der Waals surface area contributed by atoms with Crippen molar-refractivity contribution in [3.8, 4) is 5.75 Å². The number of benzene rings is 2. The Morgan fingerprint density at radius 3 is 2.57 bits per heavy atom. The van der Waals surface area contributed by atoms with Crippen molar-refractivity contribution in [1.82, 2.24) is 9.80 Å². The number of carbonyl (C=O) groups is 2. The number of nitrogens with one attached hydrogen (secondary N) is 1. The molecular formula is C28H39N3O4. The van der Waals surface area contributed by atoms with Crippen molar-refractivity contribution in [1.29, 1.82) is 0 Å². The molecule has 3 atom stereocenters. The summed E-state index contributed by atoms with van der Waals surface area (Å²) in [6.07, 6.45) is 1.11. The maximum absolute atomic E-state index is 13.3. The van der Waals surface area contributed by atoms with Gasteiger partial charge in [0.25, 0.3) is 5.91 Å². The van der Waals surface area contributed by atoms with E-state index in [2.05, 4.69) is 48.3 Å². The van der Waals surface area contributed by atoms with Crippen LogP contribution >= 0.6 is 0 Å². The van der Waals surface area contributed by atoms with Crippen molar-refractivity contribution < 1.29 is 19.1 Å². The lowest BCUT2D eigenvalue weighted by Gasteiger charge is -2.36. The smallest absolute Gasteiger partial charge is 0.257 e. The SMILES string of the molecule is CCCC(=O)Nc1ccc2c(c1)OC[C@H](C)N(Cc1ccccc1)C[C@@H](C)[C@@H](OC)CN(C)C2=O. The highest BCUT2D eigenvalue weighted by atomic mass is 16.5. The molecule has 0 radical (unpaired) electrons. The lowest BCUT2D eigenvalue weighted by molar-refractivity contribution is -0.116. The molecule has 7 nitrogen and oxygen atoms in total. The second-order valence-electron chi connectivity index (χ2n) is 9.52. The number of ether oxygens (including phenoxy) is 2. The minimum atomic E-state index is -0.130. The molecule has 1 aliphatic rings. The van der Waals surface area contributed by atoms with E-state index in [1.54, 1.807) is 37.3 Å². The zero-order chi connectivity index (χ0) is 25.4. The summed E-state index contributed by atoms with van der Waals surface area (Å²) in [7, 11) is 3.50. The summed E-state index contributed by atoms with van der Waals surface area (Å²) >= 11 is 0. The molecule has 2 amide bonds. The lowest BCUT2D eigenvalue weighted by atomic mass is 10.0. The monoisotopic (exact) mass is 481 g/mol. The molecule has 0 unspecified atom stereocenters. The molecule has 1 heterocycles. The number of carbonyl (C=O) groups excluding carboxylic acids is 2. The first-order valence-electron chi connectivity index (χ1n) is 12.4. The molecule has 2 aromatic rings. The number of nitrogens with zero attached hydrogens (tertiary/aromatic N) is 2. The Balaban J connectivity index is 1.92. The Bertz CT molecular complexity index is 981. The van der Waals surface area contributed by atoms with Crippen LogP contribution in [0.5, 0.6) is 5.75 Å². The molecule has 0 aromatic heterocycles. The lowest BCUT2D eigenvalue weighted by Crippen LogP contribution is -2.46. The van der Waals surface area contributed by atoms with Crippen LogP contribution in [-0.4, -0.2) is 67.6 Å². The van der Waals surface area contributed by atoms with Gasteiger partial charge in [0, 0.05) is 58.0 Å². The number of hydrogen-bond acceptors (Lipinski definition) is 5. The number of likely N-dealkylation sites (N-methyl/N-ethyl adjacent to an activating group) is 1. The van der Waals surface area contributed by atoms with Gasteiger partial charge in [-0.15, -0.1) is 0 Å². The van der Waals surface area contributed by atoms with Crippen molar-refractivity contribution in [2.75, 3.05) is 39.2 Å². The highest BCUT2D eigenvalue weighted by molar-refractivity contribution is 5.98. The molecule has 1 N–H and O–H groups in total. The standard InChI is InChI=1S/C28H39N3O4/c1-6-10-27(32)29-23-13-14-24-25(15-23)35-19-21(3)31(17-22-11-8-7-9-12-22)16-20(2)26(34-5)18-30(4)28(24)33/h7-9,11-15,20-21,26H,6,10,16-19H2,1-5H3,(H,29,32)/t20-,21+,26+/m1/s1. The van der Waals surface area contributed by atoms with E-state index in [9.17, 15) is 9.59 Å². The molecule has 35 heavy (non-hydrogen) atoms. The van der Waals surface area contributed by atoms with E-state index in [1.807, 2.05) is 13.0 Å². The average molecular weight is 482 g/mol. The molecule has 0 saturated heterocycles. The summed E-state index contributed by atoms with van der Waals surface area (Å²) in [4.78, 5) is 29.6. The van der Waals surface area contributed by atoms with Gasteiger partial charge in [0.05, 0.1) is 11.7 Å². The van der Waals surface area contributed by atoms with Crippen LogP contribution < -0.4 is 10.1 Å². The number of anilines is 1. The fraction of sp³-hybridized carbons (Fsp3) is 0.500. The summed E-state index contributed by atoms with van der Waals surface area (Å²) < 4.78 is 12.1. The van der Waals surface area contributed by atoms with Gasteiger partial charge in [-0.05, 0) is 37.0 Å². The second-order valence-corrected chi connectivity index (χ2v) is 9.52. The van der Waals surface area contributed by atoms with Crippen LogP contribution in [0.1, 0.15) is 49.5 Å². The van der Waals surface area contributed by atoms with Crippen LogP contribution in [-0.2, 0) is 16.1 Å². The summed E-state index contributed by atoms with van der Waals surface area (Å²) in [5, 5.41) is 2.91. The predicted molar refractivity (Wildman–Crippen MR) is 139 cm³/mol. The molecule has 3 rings (SSSR count). The number of fused-ring (bicyclic) bond motifs is 1. The first-order chi connectivity index (χ1) is 16.8. The van der Waals surface area contributed by atoms with Crippen LogP contribution in [0.25, 0.3) is 0 Å². The highest BCUT2D eigenvalue weighted by Gasteiger charge is 2.28. The largest absolute Gasteiger partial charge is 0.491 e. The molecular weight excluding hydrogens is 442 g/mol. The topological polar surface area (TPSA) is 71.1 Å². The van der Waals surface area contributed by atoms with E-state index in [1.165, 1.54) is 5.56 Å². The first-order valence-corrected chi connectivity index (χ1v) is 12.4. The zero-order valence-corrected chi connectivity index (χ0v) is 21.6. The normalized spacial score (nSPS) is 21.9. The number of amides is 2. The van der Waals surface area contributed by atoms with E-state index in [-0.39, 0.29) is 29.9 Å². The minimum absolute atomic E-state index is 0.0524. The minimum Gasteiger partial charge on any atom is -0.491 e. The van der Waals surface area contributed by atoms with Gasteiger partial charge in [-0.2, -0.15) is 0 Å². The Labute approximate surface area is 209 Å². The molecule has 0 fully saturated rings. The van der Waals surface area contributed by atoms with Crippen molar-refractivity contribution >= 4 is 17.5 Å². The number of hydrogen-bond donors (Lipinski definition) is 1. The molecule has 0 aliphatic carbocycles. The molecule has 7 heteroatoms. The van der Waals surface area contributed by atoms with Crippen LogP contribution in [0.2, 0.25) is 0 Å². The molecule has 0 saturated carbocycles. The van der Waals surface area contributed by atoms with Crippen molar-refractivity contribution in [3.63, 3.8) is 0 Å². The van der Waals surface area contributed by atoms with Crippen LogP contribution in [0.3, 0.4) is 0 Å². The van der Waals surface area contributed by atoms with E-state index in [4.69, 9.17) is 9.47 Å². The Hall–Kier alpha value is -2.90. The number of methoxy groups -OCH3 is 1. The predicted octanol–water partition coefficient (Wildman–Crippen LogP) is 4.43. The third kappa shape index (κ3) is 7.29. The van der Waals surface area contributed by atoms with E-state index < -0.39 is 0 Å². The van der Waals surface area contributed by atoms with E-state index >= 15 is 0 Å². The van der Waals surface area contributed by atoms with Crippen molar-refractivity contribution in [2.24, 2.45) is 5.92 Å². The Morgan fingerprint density at radius 2 is 1.89 bits per heavy atom. The molecule has 2 aromatic carbocycles. The van der Waals surface area contributed by atoms with Gasteiger partial charge >= 0.3 is 0 Å². The van der Waals surface area contributed by atoms with Gasteiger partial charge in [-0.25, -0.2) is 0 Å². The van der Waals surface area contributed by atoms with Crippen LogP contribution in [0.4, 0.5) is 5.69 Å².